The van der Waals surface area contributed by atoms with Crippen molar-refractivity contribution in [3.63, 3.8) is 0 Å². The predicted molar refractivity (Wildman–Crippen MR) is 54.6 cm³/mol. The molecule has 0 N–H and O–H groups in total. The Morgan fingerprint density at radius 1 is 1.29 bits per heavy atom. The Hall–Kier alpha value is -1.02. The molecule has 76 valence electrons. The molecule has 0 radical (unpaired) electrons. The van der Waals surface area contributed by atoms with E-state index in [2.05, 4.69) is 34.7 Å². The minimum atomic E-state index is 0. The zero-order chi connectivity index (χ0) is 9.10. The molecule has 0 spiro atoms. The summed E-state index contributed by atoms with van der Waals surface area (Å²) in [6.07, 6.45) is 4.38. The van der Waals surface area contributed by atoms with Crippen LogP contribution < -0.4 is 12.4 Å². The molecular weight excluding hydrogens is 196 g/mol. The smallest absolute Gasteiger partial charge is 0.0958 e. The lowest BCUT2D eigenvalue weighted by atomic mass is 10.3. The van der Waals surface area contributed by atoms with Crippen LogP contribution in [0, 0.1) is 0 Å². The highest BCUT2D eigenvalue weighted by atomic mass is 35.5. The highest BCUT2D eigenvalue weighted by Gasteiger charge is 1.99. The molecule has 1 aromatic carbocycles. The molecule has 1 heterocycles. The maximum atomic E-state index is 4.33. The number of hydrogen-bond acceptors (Lipinski definition) is 1. The lowest BCUT2D eigenvalue weighted by Gasteiger charge is -2.01. The maximum Gasteiger partial charge on any atom is 0.0958 e. The topological polar surface area (TPSA) is 17.8 Å². The number of aryl methyl sites for hydroxylation is 1. The molecule has 0 saturated carbocycles. The summed E-state index contributed by atoms with van der Waals surface area (Å²) in [7, 11) is 0. The Kier molecular flexibility index (Phi) is 3.96. The highest BCUT2D eigenvalue weighted by Crippen LogP contribution is 2.12. The van der Waals surface area contributed by atoms with E-state index in [0.29, 0.717) is 0 Å². The van der Waals surface area contributed by atoms with E-state index in [9.17, 15) is 0 Å². The van der Waals surface area contributed by atoms with Gasteiger partial charge in [-0.05, 0) is 18.6 Å². The van der Waals surface area contributed by atoms with Crippen molar-refractivity contribution in [3.8, 4) is 0 Å². The Balaban J connectivity index is 0.000000980. The molecule has 1 aromatic heterocycles. The molecule has 0 atom stereocenters. The van der Waals surface area contributed by atoms with Crippen LogP contribution in [-0.4, -0.2) is 9.55 Å². The monoisotopic (exact) mass is 209 g/mol. The molecule has 0 saturated heterocycles. The van der Waals surface area contributed by atoms with E-state index in [1.165, 1.54) is 18.4 Å². The van der Waals surface area contributed by atoms with Crippen molar-refractivity contribution in [1.29, 1.82) is 0 Å². The van der Waals surface area contributed by atoms with E-state index in [-0.39, 0.29) is 12.4 Å². The number of aromatic nitrogens is 2. The van der Waals surface area contributed by atoms with Gasteiger partial charge in [-0.2, -0.15) is 0 Å². The van der Waals surface area contributed by atoms with Crippen LogP contribution >= 0.6 is 0 Å². The van der Waals surface area contributed by atoms with E-state index in [0.717, 1.165) is 12.1 Å². The number of rotatable bonds is 3. The quantitative estimate of drug-likeness (QED) is 0.687. The number of halogens is 1. The van der Waals surface area contributed by atoms with E-state index >= 15 is 0 Å². The fourth-order valence-electron chi connectivity index (χ4n) is 1.52. The number of unbranched alkanes of at least 4 members (excludes halogenated alkanes) is 1. The minimum Gasteiger partial charge on any atom is -1.00 e. The predicted octanol–water partition coefficient (Wildman–Crippen LogP) is -0.160. The van der Waals surface area contributed by atoms with Crippen LogP contribution in [-0.2, 0) is 6.54 Å². The molecule has 2 rings (SSSR count). The van der Waals surface area contributed by atoms with Crippen molar-refractivity contribution < 1.29 is 12.4 Å². The van der Waals surface area contributed by atoms with Gasteiger partial charge in [-0.25, -0.2) is 4.98 Å². The van der Waals surface area contributed by atoms with Crippen molar-refractivity contribution >= 4 is 11.0 Å². The molecule has 0 aliphatic heterocycles. The third-order valence-electron chi connectivity index (χ3n) is 2.28. The van der Waals surface area contributed by atoms with Crippen LogP contribution in [0.15, 0.2) is 30.6 Å². The third kappa shape index (κ3) is 2.07. The summed E-state index contributed by atoms with van der Waals surface area (Å²) in [5, 5.41) is 0. The largest absolute Gasteiger partial charge is 1.00 e. The summed E-state index contributed by atoms with van der Waals surface area (Å²) < 4.78 is 2.22. The van der Waals surface area contributed by atoms with Crippen LogP contribution in [0.5, 0.6) is 0 Å². The van der Waals surface area contributed by atoms with Gasteiger partial charge in [0.25, 0.3) is 0 Å². The first-order valence-electron chi connectivity index (χ1n) is 4.81. The Morgan fingerprint density at radius 3 is 2.86 bits per heavy atom. The van der Waals surface area contributed by atoms with Crippen molar-refractivity contribution in [2.75, 3.05) is 0 Å². The number of nitrogens with zero attached hydrogens (tertiary/aromatic N) is 2. The van der Waals surface area contributed by atoms with E-state index in [1.54, 1.807) is 0 Å². The Morgan fingerprint density at radius 2 is 2.07 bits per heavy atom. The van der Waals surface area contributed by atoms with Crippen LogP contribution in [0.25, 0.3) is 11.0 Å². The average Bonchev–Trinajstić information content (AvgIpc) is 2.58. The van der Waals surface area contributed by atoms with Gasteiger partial charge >= 0.3 is 0 Å². The molecule has 0 aliphatic rings. The van der Waals surface area contributed by atoms with Crippen molar-refractivity contribution in [3.05, 3.63) is 30.6 Å². The number of fused-ring (bicyclic) bond motifs is 1. The van der Waals surface area contributed by atoms with Gasteiger partial charge in [0.1, 0.15) is 0 Å². The first-order valence-corrected chi connectivity index (χ1v) is 4.81. The molecule has 0 amide bonds. The third-order valence-corrected chi connectivity index (χ3v) is 2.28. The van der Waals surface area contributed by atoms with E-state index < -0.39 is 0 Å². The molecule has 2 nitrogen and oxygen atoms in total. The summed E-state index contributed by atoms with van der Waals surface area (Å²) >= 11 is 0. The van der Waals surface area contributed by atoms with Crippen LogP contribution in [0.2, 0.25) is 0 Å². The van der Waals surface area contributed by atoms with Gasteiger partial charge in [-0.15, -0.1) is 0 Å². The fraction of sp³-hybridized carbons (Fsp3) is 0.364. The van der Waals surface area contributed by atoms with Crippen molar-refractivity contribution in [1.82, 2.24) is 9.55 Å². The number of hydrogen-bond donors (Lipinski definition) is 0. The maximum absolute atomic E-state index is 4.33. The second kappa shape index (κ2) is 5.01. The lowest BCUT2D eigenvalue weighted by Crippen LogP contribution is -3.00. The molecule has 0 fully saturated rings. The first kappa shape index (κ1) is 11.1. The van der Waals surface area contributed by atoms with Crippen molar-refractivity contribution in [2.45, 2.75) is 26.3 Å². The summed E-state index contributed by atoms with van der Waals surface area (Å²) in [5.41, 5.74) is 2.34. The molecular formula is C11H14ClN2-. The summed E-state index contributed by atoms with van der Waals surface area (Å²) in [6, 6.07) is 8.27. The van der Waals surface area contributed by atoms with Gasteiger partial charge in [0.2, 0.25) is 0 Å². The van der Waals surface area contributed by atoms with E-state index in [4.69, 9.17) is 0 Å². The second-order valence-electron chi connectivity index (χ2n) is 3.28. The molecule has 0 bridgehead atoms. The van der Waals surface area contributed by atoms with Crippen LogP contribution in [0.4, 0.5) is 0 Å². The van der Waals surface area contributed by atoms with Gasteiger partial charge < -0.3 is 17.0 Å². The van der Waals surface area contributed by atoms with Gasteiger partial charge in [0.05, 0.1) is 17.4 Å². The molecule has 0 unspecified atom stereocenters. The molecule has 0 aliphatic carbocycles. The zero-order valence-electron chi connectivity index (χ0n) is 8.28. The van der Waals surface area contributed by atoms with Crippen molar-refractivity contribution in [2.24, 2.45) is 0 Å². The first-order chi connectivity index (χ1) is 6.42. The number of para-hydroxylation sites is 2. The summed E-state index contributed by atoms with van der Waals surface area (Å²) in [6.45, 7) is 3.29. The van der Waals surface area contributed by atoms with Crippen LogP contribution in [0.1, 0.15) is 19.8 Å². The normalized spacial score (nSPS) is 10.1. The van der Waals surface area contributed by atoms with Gasteiger partial charge in [0.15, 0.2) is 0 Å². The van der Waals surface area contributed by atoms with Gasteiger partial charge in [-0.1, -0.05) is 25.5 Å². The van der Waals surface area contributed by atoms with Crippen LogP contribution in [0.3, 0.4) is 0 Å². The second-order valence-corrected chi connectivity index (χ2v) is 3.28. The molecule has 2 aromatic rings. The Labute approximate surface area is 90.4 Å². The summed E-state index contributed by atoms with van der Waals surface area (Å²) in [5.74, 6) is 0. The number of imidazole rings is 1. The minimum absolute atomic E-state index is 0. The van der Waals surface area contributed by atoms with E-state index in [1.807, 2.05) is 12.4 Å². The lowest BCUT2D eigenvalue weighted by molar-refractivity contribution is -0.00000278. The standard InChI is InChI=1S/C11H14N2.ClH/c1-2-3-8-13-9-12-10-6-4-5-7-11(10)13;/h4-7,9H,2-3,8H2,1H3;1H/p-1. The highest BCUT2D eigenvalue weighted by molar-refractivity contribution is 5.74. The zero-order valence-corrected chi connectivity index (χ0v) is 9.04. The molecule has 14 heavy (non-hydrogen) atoms. The SMILES string of the molecule is CCCCn1cnc2ccccc21.[Cl-]. The fourth-order valence-corrected chi connectivity index (χ4v) is 1.52. The van der Waals surface area contributed by atoms with Gasteiger partial charge in [0, 0.05) is 6.54 Å². The number of benzene rings is 1. The molecule has 3 heteroatoms. The Bertz CT molecular complexity index is 395. The van der Waals surface area contributed by atoms with Gasteiger partial charge in [-0.3, -0.25) is 0 Å². The average molecular weight is 210 g/mol. The summed E-state index contributed by atoms with van der Waals surface area (Å²) in [4.78, 5) is 4.33.